The van der Waals surface area contributed by atoms with E-state index in [0.29, 0.717) is 39.4 Å². The summed E-state index contributed by atoms with van der Waals surface area (Å²) in [5, 5.41) is 3.18. The number of fused-ring (bicyclic) bond motifs is 1. The number of thiophene rings is 1. The summed E-state index contributed by atoms with van der Waals surface area (Å²) in [6, 6.07) is 5.32. The molecule has 0 radical (unpaired) electrons. The first-order valence-electron chi connectivity index (χ1n) is 12.0. The van der Waals surface area contributed by atoms with Crippen molar-refractivity contribution in [3.8, 4) is 5.69 Å². The minimum absolute atomic E-state index is 0.0516. The molecule has 2 aromatic heterocycles. The van der Waals surface area contributed by atoms with Gasteiger partial charge < -0.3 is 10.2 Å². The maximum atomic E-state index is 13.7. The van der Waals surface area contributed by atoms with E-state index in [-0.39, 0.29) is 24.4 Å². The van der Waals surface area contributed by atoms with Crippen molar-refractivity contribution in [1.29, 1.82) is 0 Å². The van der Waals surface area contributed by atoms with Crippen molar-refractivity contribution in [3.63, 3.8) is 0 Å². The number of carbonyl (C=O) groups is 2. The molecular weight excluding hydrogens is 464 g/mol. The third kappa shape index (κ3) is 4.96. The van der Waals surface area contributed by atoms with Gasteiger partial charge in [-0.05, 0) is 76.8 Å². The minimum atomic E-state index is -0.604. The quantitative estimate of drug-likeness (QED) is 0.514. The normalized spacial score (nSPS) is 12.1. The fourth-order valence-electron chi connectivity index (χ4n) is 4.00. The van der Waals surface area contributed by atoms with Crippen LogP contribution in [0.5, 0.6) is 0 Å². The topological polar surface area (TPSA) is 93.4 Å². The zero-order valence-corrected chi connectivity index (χ0v) is 22.3. The van der Waals surface area contributed by atoms with Crippen LogP contribution in [0, 0.1) is 20.8 Å². The monoisotopic (exact) mass is 498 g/mol. The molecule has 1 aromatic carbocycles. The van der Waals surface area contributed by atoms with Gasteiger partial charge in [0.05, 0.1) is 16.0 Å². The molecule has 8 nitrogen and oxygen atoms in total. The van der Waals surface area contributed by atoms with E-state index >= 15 is 0 Å². The molecule has 188 valence electrons. The number of benzene rings is 1. The van der Waals surface area contributed by atoms with Gasteiger partial charge in [-0.1, -0.05) is 13.0 Å². The van der Waals surface area contributed by atoms with Crippen LogP contribution in [0.15, 0.2) is 27.8 Å². The van der Waals surface area contributed by atoms with Crippen molar-refractivity contribution in [1.82, 2.24) is 19.4 Å². The molecule has 0 unspecified atom stereocenters. The molecule has 0 aliphatic heterocycles. The van der Waals surface area contributed by atoms with Crippen LogP contribution >= 0.6 is 11.3 Å². The van der Waals surface area contributed by atoms with Crippen LogP contribution in [0.25, 0.3) is 15.9 Å². The number of amides is 2. The summed E-state index contributed by atoms with van der Waals surface area (Å²) >= 11 is 1.10. The lowest BCUT2D eigenvalue weighted by atomic mass is 10.1. The smallest absolute Gasteiger partial charge is 0.337 e. The lowest BCUT2D eigenvalue weighted by Crippen LogP contribution is -2.42. The van der Waals surface area contributed by atoms with Crippen LogP contribution in [-0.2, 0) is 11.3 Å². The lowest BCUT2D eigenvalue weighted by Gasteiger charge is -2.17. The first kappa shape index (κ1) is 26.4. The average molecular weight is 499 g/mol. The molecule has 1 N–H and O–H groups in total. The number of hydrogen-bond acceptors (Lipinski definition) is 5. The number of carbonyl (C=O) groups excluding carboxylic acids is 2. The zero-order chi connectivity index (χ0) is 26.0. The zero-order valence-electron chi connectivity index (χ0n) is 21.5. The molecular formula is C26H34N4O4S. The third-order valence-electron chi connectivity index (χ3n) is 6.53. The second-order valence-electron chi connectivity index (χ2n) is 8.87. The number of nitrogens with one attached hydrogen (secondary N) is 1. The van der Waals surface area contributed by atoms with E-state index in [1.165, 1.54) is 4.57 Å². The van der Waals surface area contributed by atoms with Crippen LogP contribution in [0.3, 0.4) is 0 Å². The van der Waals surface area contributed by atoms with Gasteiger partial charge in [0.15, 0.2) is 0 Å². The molecule has 0 saturated heterocycles. The van der Waals surface area contributed by atoms with Crippen LogP contribution in [0.1, 0.15) is 60.5 Å². The van der Waals surface area contributed by atoms with Gasteiger partial charge in [-0.2, -0.15) is 0 Å². The second-order valence-corrected chi connectivity index (χ2v) is 9.87. The summed E-state index contributed by atoms with van der Waals surface area (Å²) in [4.78, 5) is 55.8. The highest BCUT2D eigenvalue weighted by molar-refractivity contribution is 7.20. The van der Waals surface area contributed by atoms with Gasteiger partial charge in [0.1, 0.15) is 11.4 Å². The molecule has 1 atom stereocenters. The van der Waals surface area contributed by atoms with Gasteiger partial charge in [-0.3, -0.25) is 19.0 Å². The van der Waals surface area contributed by atoms with E-state index in [0.717, 1.165) is 33.5 Å². The van der Waals surface area contributed by atoms with Crippen LogP contribution in [-0.4, -0.2) is 45.0 Å². The summed E-state index contributed by atoms with van der Waals surface area (Å²) in [6.45, 7) is 14.1. The van der Waals surface area contributed by atoms with Crippen LogP contribution < -0.4 is 16.6 Å². The lowest BCUT2D eigenvalue weighted by molar-refractivity contribution is -0.122. The standard InChI is InChI=1S/C26H34N4O4S/c1-8-17(6)27-20(31)14-29-25-21(18(7)22(35-25)24(33)28(9-2)10-3)23(32)30(26(29)34)19-12-11-15(4)16(5)13-19/h11-13,17H,8-10,14H2,1-7H3,(H,27,31)/t17-/m0/s1. The van der Waals surface area contributed by atoms with E-state index in [1.54, 1.807) is 24.0 Å². The maximum absolute atomic E-state index is 13.7. The Bertz CT molecular complexity index is 1400. The predicted octanol–water partition coefficient (Wildman–Crippen LogP) is 3.54. The summed E-state index contributed by atoms with van der Waals surface area (Å²) in [5.41, 5.74) is 1.85. The molecule has 3 aromatic rings. The number of rotatable bonds is 8. The fraction of sp³-hybridized carbons (Fsp3) is 0.462. The molecule has 0 spiro atoms. The van der Waals surface area contributed by atoms with Crippen molar-refractivity contribution in [2.45, 2.75) is 67.5 Å². The van der Waals surface area contributed by atoms with E-state index in [2.05, 4.69) is 5.32 Å². The Morgan fingerprint density at radius 2 is 1.71 bits per heavy atom. The van der Waals surface area contributed by atoms with Crippen molar-refractivity contribution in [2.75, 3.05) is 13.1 Å². The number of hydrogen-bond donors (Lipinski definition) is 1. The molecule has 2 amide bonds. The highest BCUT2D eigenvalue weighted by atomic mass is 32.1. The number of aromatic nitrogens is 2. The molecule has 0 saturated carbocycles. The fourth-order valence-corrected chi connectivity index (χ4v) is 5.26. The third-order valence-corrected chi connectivity index (χ3v) is 7.83. The van der Waals surface area contributed by atoms with Crippen molar-refractivity contribution < 1.29 is 9.59 Å². The van der Waals surface area contributed by atoms with Crippen LogP contribution in [0.4, 0.5) is 0 Å². The minimum Gasteiger partial charge on any atom is -0.352 e. The summed E-state index contributed by atoms with van der Waals surface area (Å²) < 4.78 is 2.43. The molecule has 35 heavy (non-hydrogen) atoms. The molecule has 0 aliphatic carbocycles. The molecule has 2 heterocycles. The summed E-state index contributed by atoms with van der Waals surface area (Å²) in [6.07, 6.45) is 0.749. The Hall–Kier alpha value is -3.20. The van der Waals surface area contributed by atoms with Crippen molar-refractivity contribution in [2.24, 2.45) is 0 Å². The van der Waals surface area contributed by atoms with Gasteiger partial charge in [0.2, 0.25) is 5.91 Å². The van der Waals surface area contributed by atoms with Crippen LogP contribution in [0.2, 0.25) is 0 Å². The van der Waals surface area contributed by atoms with E-state index in [1.807, 2.05) is 47.6 Å². The Labute approximate surface area is 209 Å². The second kappa shape index (κ2) is 10.6. The van der Waals surface area contributed by atoms with E-state index in [4.69, 9.17) is 0 Å². The SMILES string of the molecule is CC[C@H](C)NC(=O)Cn1c(=O)n(-c2ccc(C)c(C)c2)c(=O)c2c(C)c(C(=O)N(CC)CC)sc21. The molecule has 3 rings (SSSR count). The van der Waals surface area contributed by atoms with E-state index < -0.39 is 11.2 Å². The van der Waals surface area contributed by atoms with Gasteiger partial charge in [0.25, 0.3) is 11.5 Å². The van der Waals surface area contributed by atoms with Gasteiger partial charge in [-0.25, -0.2) is 9.36 Å². The Balaban J connectivity index is 2.35. The predicted molar refractivity (Wildman–Crippen MR) is 141 cm³/mol. The highest BCUT2D eigenvalue weighted by Crippen LogP contribution is 2.29. The maximum Gasteiger partial charge on any atom is 0.337 e. The number of nitrogens with zero attached hydrogens (tertiary/aromatic N) is 3. The number of aryl methyl sites for hydroxylation is 3. The summed E-state index contributed by atoms with van der Waals surface area (Å²) in [7, 11) is 0. The Morgan fingerprint density at radius 3 is 2.29 bits per heavy atom. The average Bonchev–Trinajstić information content (AvgIpc) is 3.16. The highest BCUT2D eigenvalue weighted by Gasteiger charge is 2.26. The summed E-state index contributed by atoms with van der Waals surface area (Å²) in [5.74, 6) is -0.510. The van der Waals surface area contributed by atoms with Crippen molar-refractivity contribution in [3.05, 3.63) is 60.6 Å². The van der Waals surface area contributed by atoms with E-state index in [9.17, 15) is 19.2 Å². The molecule has 9 heteroatoms. The molecule has 0 aliphatic rings. The first-order valence-corrected chi connectivity index (χ1v) is 12.8. The Kier molecular flexibility index (Phi) is 8.00. The Morgan fingerprint density at radius 1 is 1.06 bits per heavy atom. The van der Waals surface area contributed by atoms with Crippen molar-refractivity contribution >= 4 is 33.4 Å². The van der Waals surface area contributed by atoms with Gasteiger partial charge in [0, 0.05) is 19.1 Å². The largest absolute Gasteiger partial charge is 0.352 e. The first-order chi connectivity index (χ1) is 16.5. The molecule has 0 fully saturated rings. The van der Waals surface area contributed by atoms with Gasteiger partial charge >= 0.3 is 5.69 Å². The molecule has 0 bridgehead atoms. The van der Waals surface area contributed by atoms with Gasteiger partial charge in [-0.15, -0.1) is 11.3 Å².